The van der Waals surface area contributed by atoms with E-state index in [-0.39, 0.29) is 35.8 Å². The Morgan fingerprint density at radius 1 is 1.26 bits per heavy atom. The first-order chi connectivity index (χ1) is 16.0. The third-order valence-corrected chi connectivity index (χ3v) is 6.44. The highest BCUT2D eigenvalue weighted by Gasteiger charge is 2.32. The van der Waals surface area contributed by atoms with Crippen LogP contribution < -0.4 is 5.56 Å². The molecule has 0 N–H and O–H groups in total. The van der Waals surface area contributed by atoms with Gasteiger partial charge in [-0.15, -0.1) is 0 Å². The molecule has 0 amide bonds. The van der Waals surface area contributed by atoms with Crippen molar-refractivity contribution in [2.45, 2.75) is 57.7 Å². The first-order valence-electron chi connectivity index (χ1n) is 11.2. The minimum absolute atomic E-state index is 0.0207. The van der Waals surface area contributed by atoms with E-state index in [1.807, 2.05) is 19.1 Å². The van der Waals surface area contributed by atoms with Crippen LogP contribution in [0.25, 0.3) is 10.9 Å². The predicted molar refractivity (Wildman–Crippen MR) is 123 cm³/mol. The van der Waals surface area contributed by atoms with Gasteiger partial charge in [0, 0.05) is 42.7 Å². The second kappa shape index (κ2) is 9.29. The second-order valence-corrected chi connectivity index (χ2v) is 8.82. The average Bonchev–Trinajstić information content (AvgIpc) is 2.80. The lowest BCUT2D eigenvalue weighted by Gasteiger charge is -2.30. The quantitative estimate of drug-likeness (QED) is 0.488. The monoisotopic (exact) mass is 472 g/mol. The van der Waals surface area contributed by atoms with Gasteiger partial charge in [0.2, 0.25) is 0 Å². The summed E-state index contributed by atoms with van der Waals surface area (Å²) in [6, 6.07) is 5.72. The van der Waals surface area contributed by atoms with Gasteiger partial charge in [0.05, 0.1) is 22.7 Å². The molecule has 9 heteroatoms. The van der Waals surface area contributed by atoms with E-state index in [0.717, 1.165) is 23.4 Å². The van der Waals surface area contributed by atoms with Gasteiger partial charge in [-0.25, -0.2) is 4.98 Å². The van der Waals surface area contributed by atoms with E-state index < -0.39 is 11.7 Å². The molecule has 0 radical (unpaired) electrons. The number of nitrogens with zero attached hydrogens (tertiary/aromatic N) is 4. The molecule has 6 nitrogen and oxygen atoms in total. The van der Waals surface area contributed by atoms with Crippen LogP contribution in [0.5, 0.6) is 0 Å². The summed E-state index contributed by atoms with van der Waals surface area (Å²) in [4.78, 5) is 26.5. The number of halogens is 3. The van der Waals surface area contributed by atoms with Crippen LogP contribution in [0.2, 0.25) is 0 Å². The minimum atomic E-state index is -4.48. The maximum atomic E-state index is 13.0. The molecule has 180 valence electrons. The molecule has 1 saturated heterocycles. The van der Waals surface area contributed by atoms with E-state index in [2.05, 4.69) is 16.5 Å². The van der Waals surface area contributed by atoms with Crippen molar-refractivity contribution >= 4 is 10.9 Å². The summed E-state index contributed by atoms with van der Waals surface area (Å²) in [6.45, 7) is 7.34. The zero-order valence-electron chi connectivity index (χ0n) is 19.4. The van der Waals surface area contributed by atoms with Gasteiger partial charge in [0.1, 0.15) is 5.82 Å². The summed E-state index contributed by atoms with van der Waals surface area (Å²) >= 11 is 0. The first-order valence-corrected chi connectivity index (χ1v) is 11.2. The summed E-state index contributed by atoms with van der Waals surface area (Å²) in [6.07, 6.45) is -1.86. The molecule has 0 aliphatic carbocycles. The summed E-state index contributed by atoms with van der Waals surface area (Å²) < 4.78 is 46.5. The van der Waals surface area contributed by atoms with Crippen LogP contribution in [-0.2, 0) is 18.2 Å². The van der Waals surface area contributed by atoms with Crippen molar-refractivity contribution in [3.05, 3.63) is 75.4 Å². The van der Waals surface area contributed by atoms with Crippen molar-refractivity contribution in [2.24, 2.45) is 7.05 Å². The normalized spacial score (nSPS) is 18.9. The lowest BCUT2D eigenvalue weighted by Crippen LogP contribution is -2.24. The van der Waals surface area contributed by atoms with Gasteiger partial charge >= 0.3 is 6.18 Å². The lowest BCUT2D eigenvalue weighted by atomic mass is 9.88. The largest absolute Gasteiger partial charge is 0.412 e. The van der Waals surface area contributed by atoms with Crippen LogP contribution in [0.4, 0.5) is 13.2 Å². The van der Waals surface area contributed by atoms with Gasteiger partial charge in [-0.3, -0.25) is 19.3 Å². The van der Waals surface area contributed by atoms with E-state index >= 15 is 0 Å². The molecular weight excluding hydrogens is 445 g/mol. The number of aryl methyl sites for hydroxylation is 3. The first kappa shape index (κ1) is 24.1. The molecule has 3 aromatic heterocycles. The average molecular weight is 473 g/mol. The predicted octanol–water partition coefficient (Wildman–Crippen LogP) is 5.03. The third-order valence-electron chi connectivity index (χ3n) is 6.44. The molecule has 1 aliphatic heterocycles. The highest BCUT2D eigenvalue weighted by molar-refractivity contribution is 5.80. The number of ether oxygens (including phenoxy) is 1. The van der Waals surface area contributed by atoms with Gasteiger partial charge in [0.25, 0.3) is 5.56 Å². The zero-order valence-corrected chi connectivity index (χ0v) is 19.4. The molecular formula is C25H27F3N4O2. The van der Waals surface area contributed by atoms with Crippen molar-refractivity contribution in [1.29, 1.82) is 0 Å². The molecule has 1 fully saturated rings. The lowest BCUT2D eigenvalue weighted by molar-refractivity contribution is -0.0935. The van der Waals surface area contributed by atoms with E-state index in [9.17, 15) is 18.0 Å². The fourth-order valence-corrected chi connectivity index (χ4v) is 4.36. The van der Waals surface area contributed by atoms with Crippen LogP contribution in [0, 0.1) is 13.8 Å². The Morgan fingerprint density at radius 2 is 2.03 bits per heavy atom. The maximum absolute atomic E-state index is 13.0. The number of alkyl halides is 3. The molecule has 4 rings (SSSR count). The Bertz CT molecular complexity index is 1300. The molecule has 0 saturated carbocycles. The van der Waals surface area contributed by atoms with Crippen molar-refractivity contribution in [3.63, 3.8) is 0 Å². The van der Waals surface area contributed by atoms with E-state index in [1.165, 1.54) is 4.57 Å². The summed E-state index contributed by atoms with van der Waals surface area (Å²) in [5, 5.41) is 0.264. The Balaban J connectivity index is 1.73. The van der Waals surface area contributed by atoms with Crippen LogP contribution in [-0.4, -0.2) is 32.3 Å². The van der Waals surface area contributed by atoms with Crippen LogP contribution in [0.1, 0.15) is 59.8 Å². The fourth-order valence-electron chi connectivity index (χ4n) is 4.36. The molecule has 0 aromatic carbocycles. The Morgan fingerprint density at radius 3 is 2.74 bits per heavy atom. The van der Waals surface area contributed by atoms with E-state index in [4.69, 9.17) is 9.72 Å². The van der Waals surface area contributed by atoms with Crippen molar-refractivity contribution < 1.29 is 17.9 Å². The maximum Gasteiger partial charge on any atom is 0.412 e. The third kappa shape index (κ3) is 4.89. The topological polar surface area (TPSA) is 69.9 Å². The standard InChI is InChI=1S/C25H27F3N4O2/c1-14(25(26,27)28)5-6-19-23-21(30-16(3)32(4)24(23)33)13-20(31-19)17-8-10-34-22(12-17)18-7-9-29-15(2)11-18/h7,9,11,13,17,22H,1,5-6,8,10,12H2,2-4H3/t17-,22-/m1/s1. The smallest absolute Gasteiger partial charge is 0.373 e. The Labute approximate surface area is 195 Å². The van der Waals surface area contributed by atoms with Crippen LogP contribution in [0.3, 0.4) is 0 Å². The van der Waals surface area contributed by atoms with Crippen molar-refractivity contribution in [2.75, 3.05) is 6.61 Å². The fraction of sp³-hybridized carbons (Fsp3) is 0.440. The number of hydrogen-bond acceptors (Lipinski definition) is 5. The number of allylic oxidation sites excluding steroid dienone is 1. The molecule has 0 unspecified atom stereocenters. The van der Waals surface area contributed by atoms with Gasteiger partial charge in [-0.2, -0.15) is 13.2 Å². The summed E-state index contributed by atoms with van der Waals surface area (Å²) in [5.74, 6) is 0.546. The van der Waals surface area contributed by atoms with Gasteiger partial charge in [-0.1, -0.05) is 6.58 Å². The molecule has 1 aliphatic rings. The zero-order chi connectivity index (χ0) is 24.6. The highest BCUT2D eigenvalue weighted by Crippen LogP contribution is 2.38. The van der Waals surface area contributed by atoms with Gasteiger partial charge < -0.3 is 4.74 Å². The van der Waals surface area contributed by atoms with Gasteiger partial charge in [0.15, 0.2) is 0 Å². The molecule has 3 aromatic rings. The highest BCUT2D eigenvalue weighted by atomic mass is 19.4. The van der Waals surface area contributed by atoms with Gasteiger partial charge in [-0.05, 0) is 63.3 Å². The minimum Gasteiger partial charge on any atom is -0.373 e. The van der Waals surface area contributed by atoms with E-state index in [1.54, 1.807) is 26.2 Å². The van der Waals surface area contributed by atoms with Crippen LogP contribution >= 0.6 is 0 Å². The SMILES string of the molecule is C=C(CCc1nc([C@@H]2CCO[C@@H](c3ccnc(C)c3)C2)cc2nc(C)n(C)c(=O)c12)C(F)(F)F. The second-order valence-electron chi connectivity index (χ2n) is 8.82. The summed E-state index contributed by atoms with van der Waals surface area (Å²) in [5.41, 5.74) is 2.28. The Hall–Kier alpha value is -3.07. The summed E-state index contributed by atoms with van der Waals surface area (Å²) in [7, 11) is 1.59. The Kier molecular flexibility index (Phi) is 6.58. The van der Waals surface area contributed by atoms with Crippen molar-refractivity contribution in [1.82, 2.24) is 19.5 Å². The number of hydrogen-bond donors (Lipinski definition) is 0. The number of aromatic nitrogens is 4. The van der Waals surface area contributed by atoms with E-state index in [0.29, 0.717) is 30.1 Å². The number of rotatable bonds is 5. The molecule has 0 spiro atoms. The van der Waals surface area contributed by atoms with Crippen molar-refractivity contribution in [3.8, 4) is 0 Å². The molecule has 4 heterocycles. The van der Waals surface area contributed by atoms with Crippen LogP contribution in [0.15, 0.2) is 41.3 Å². The number of fused-ring (bicyclic) bond motifs is 1. The molecule has 34 heavy (non-hydrogen) atoms. The molecule has 0 bridgehead atoms. The number of pyridine rings is 2. The molecule has 2 atom stereocenters.